The molecule has 1 aromatic carbocycles. The summed E-state index contributed by atoms with van der Waals surface area (Å²) in [7, 11) is 1.75. The second-order valence-electron chi connectivity index (χ2n) is 8.13. The maximum atomic E-state index is 13.0. The summed E-state index contributed by atoms with van der Waals surface area (Å²) in [5.41, 5.74) is 0.0950. The van der Waals surface area contributed by atoms with Gasteiger partial charge in [-0.3, -0.25) is 14.6 Å². The van der Waals surface area contributed by atoms with Gasteiger partial charge in [-0.1, -0.05) is 5.92 Å². The average Bonchev–Trinajstić information content (AvgIpc) is 3.48. The number of imidazole rings is 1. The van der Waals surface area contributed by atoms with Crippen LogP contribution in [0.15, 0.2) is 48.9 Å². The highest BCUT2D eigenvalue weighted by Crippen LogP contribution is 2.33. The van der Waals surface area contributed by atoms with Gasteiger partial charge in [0.25, 0.3) is 0 Å². The fraction of sp³-hybridized carbons (Fsp3) is 0.280. The summed E-state index contributed by atoms with van der Waals surface area (Å²) in [5.74, 6) is 4.89. The third kappa shape index (κ3) is 6.02. The Morgan fingerprint density at radius 1 is 1.31 bits per heavy atom. The van der Waals surface area contributed by atoms with Crippen molar-refractivity contribution in [2.45, 2.75) is 31.5 Å². The Morgan fingerprint density at radius 2 is 2.14 bits per heavy atom. The van der Waals surface area contributed by atoms with Crippen molar-refractivity contribution in [2.24, 2.45) is 0 Å². The summed E-state index contributed by atoms with van der Waals surface area (Å²) < 4.78 is 44.8. The zero-order valence-corrected chi connectivity index (χ0v) is 19.2. The topological polar surface area (TPSA) is 100 Å². The largest absolute Gasteiger partial charge is 0.491 e. The Kier molecular flexibility index (Phi) is 7.24. The van der Waals surface area contributed by atoms with Gasteiger partial charge in [0.15, 0.2) is 0 Å². The number of ether oxygens (including phenoxy) is 1. The highest BCUT2D eigenvalue weighted by atomic mass is 19.4. The first-order valence-corrected chi connectivity index (χ1v) is 11.1. The van der Waals surface area contributed by atoms with Crippen LogP contribution in [-0.2, 0) is 15.8 Å². The van der Waals surface area contributed by atoms with Crippen molar-refractivity contribution < 1.29 is 27.5 Å². The predicted molar refractivity (Wildman–Crippen MR) is 125 cm³/mol. The molecular weight excluding hydrogens is 475 g/mol. The lowest BCUT2D eigenvalue weighted by atomic mass is 10.1. The summed E-state index contributed by atoms with van der Waals surface area (Å²) >= 11 is 0. The Morgan fingerprint density at radius 3 is 2.81 bits per heavy atom. The van der Waals surface area contributed by atoms with Crippen LogP contribution in [0, 0.1) is 11.8 Å². The molecule has 3 heterocycles. The molecule has 2 amide bonds. The molecule has 1 atom stereocenters. The Hall–Kier alpha value is -4.33. The third-order valence-electron chi connectivity index (χ3n) is 5.71. The number of benzene rings is 1. The number of hydrogen-bond donors (Lipinski definition) is 2. The van der Waals surface area contributed by atoms with E-state index in [1.165, 1.54) is 18.3 Å². The standard InChI is InChI=1S/C25H22F3N5O3/c1-33-18(6-9-23(33)35)10-12-36-20-7-5-17(24-30-15-21(32-24)25(26,27)28)13-19(20)31-22(34)8-4-16-3-2-11-29-14-16/h2-3,5,7,11,13-15,18H,6,9-10,12H2,1H3,(H,30,32)(H,31,34). The molecule has 2 N–H and O–H groups in total. The van der Waals surface area contributed by atoms with E-state index < -0.39 is 17.8 Å². The minimum Gasteiger partial charge on any atom is -0.491 e. The van der Waals surface area contributed by atoms with Crippen LogP contribution < -0.4 is 10.1 Å². The lowest BCUT2D eigenvalue weighted by molar-refractivity contribution is -0.140. The second-order valence-corrected chi connectivity index (χ2v) is 8.13. The molecule has 1 aliphatic rings. The van der Waals surface area contributed by atoms with E-state index in [1.807, 2.05) is 0 Å². The monoisotopic (exact) mass is 497 g/mol. The van der Waals surface area contributed by atoms with Crippen molar-refractivity contribution in [1.82, 2.24) is 19.9 Å². The van der Waals surface area contributed by atoms with Crippen LogP contribution >= 0.6 is 0 Å². The van der Waals surface area contributed by atoms with Crippen LogP contribution in [0.2, 0.25) is 0 Å². The van der Waals surface area contributed by atoms with Crippen molar-refractivity contribution in [1.29, 1.82) is 0 Å². The molecule has 1 unspecified atom stereocenters. The number of likely N-dealkylation sites (tertiary alicyclic amines) is 1. The Bertz CT molecular complexity index is 1310. The number of pyridine rings is 1. The molecule has 1 fully saturated rings. The van der Waals surface area contributed by atoms with Crippen LogP contribution in [0.4, 0.5) is 18.9 Å². The second kappa shape index (κ2) is 10.5. The van der Waals surface area contributed by atoms with Crippen LogP contribution in [0.3, 0.4) is 0 Å². The smallest absolute Gasteiger partial charge is 0.432 e. The third-order valence-corrected chi connectivity index (χ3v) is 5.71. The van der Waals surface area contributed by atoms with E-state index in [1.54, 1.807) is 36.3 Å². The van der Waals surface area contributed by atoms with Gasteiger partial charge in [0.1, 0.15) is 17.3 Å². The number of hydrogen-bond acceptors (Lipinski definition) is 5. The van der Waals surface area contributed by atoms with Gasteiger partial charge in [-0.15, -0.1) is 0 Å². The number of rotatable bonds is 6. The number of aromatic amines is 1. The highest BCUT2D eigenvalue weighted by Gasteiger charge is 2.33. The number of nitrogens with zero attached hydrogens (tertiary/aromatic N) is 3. The van der Waals surface area contributed by atoms with Gasteiger partial charge in [-0.2, -0.15) is 13.2 Å². The summed E-state index contributed by atoms with van der Waals surface area (Å²) in [4.78, 5) is 35.9. The first-order chi connectivity index (χ1) is 17.2. The van der Waals surface area contributed by atoms with Gasteiger partial charge in [0.05, 0.1) is 18.5 Å². The molecule has 1 saturated heterocycles. The number of H-pyrrole nitrogens is 1. The molecule has 36 heavy (non-hydrogen) atoms. The number of carbonyl (C=O) groups excluding carboxylic acids is 2. The molecule has 0 saturated carbocycles. The van der Waals surface area contributed by atoms with Crippen molar-refractivity contribution in [2.75, 3.05) is 19.0 Å². The van der Waals surface area contributed by atoms with Gasteiger partial charge in [0.2, 0.25) is 5.91 Å². The molecule has 3 aromatic rings. The first-order valence-electron chi connectivity index (χ1n) is 11.1. The molecule has 0 radical (unpaired) electrons. The van der Waals surface area contributed by atoms with Crippen LogP contribution in [0.25, 0.3) is 11.4 Å². The lowest BCUT2D eigenvalue weighted by Crippen LogP contribution is -2.29. The van der Waals surface area contributed by atoms with Crippen LogP contribution in [0.1, 0.15) is 30.5 Å². The van der Waals surface area contributed by atoms with E-state index in [4.69, 9.17) is 4.74 Å². The molecule has 0 spiro atoms. The average molecular weight is 497 g/mol. The molecule has 4 rings (SSSR count). The van der Waals surface area contributed by atoms with E-state index in [0.717, 1.165) is 6.42 Å². The van der Waals surface area contributed by atoms with Gasteiger partial charge in [-0.25, -0.2) is 4.98 Å². The molecule has 2 aromatic heterocycles. The van der Waals surface area contributed by atoms with Crippen molar-refractivity contribution in [3.8, 4) is 29.0 Å². The number of anilines is 1. The zero-order valence-electron chi connectivity index (χ0n) is 19.2. The summed E-state index contributed by atoms with van der Waals surface area (Å²) in [5, 5.41) is 2.64. The first kappa shape index (κ1) is 24.8. The maximum absolute atomic E-state index is 13.0. The molecule has 0 bridgehead atoms. The van der Waals surface area contributed by atoms with E-state index in [2.05, 4.69) is 32.1 Å². The highest BCUT2D eigenvalue weighted by molar-refractivity contribution is 6.05. The Labute approximate surface area is 204 Å². The Balaban J connectivity index is 1.54. The van der Waals surface area contributed by atoms with Gasteiger partial charge in [-0.05, 0) is 36.8 Å². The van der Waals surface area contributed by atoms with E-state index >= 15 is 0 Å². The fourth-order valence-corrected chi connectivity index (χ4v) is 3.74. The van der Waals surface area contributed by atoms with E-state index in [0.29, 0.717) is 35.9 Å². The lowest BCUT2D eigenvalue weighted by Gasteiger charge is -2.20. The van der Waals surface area contributed by atoms with Crippen molar-refractivity contribution in [3.63, 3.8) is 0 Å². The predicted octanol–water partition coefficient (Wildman–Crippen LogP) is 3.87. The quantitative estimate of drug-likeness (QED) is 0.504. The number of amides is 2. The maximum Gasteiger partial charge on any atom is 0.432 e. The molecule has 0 aliphatic carbocycles. The molecule has 1 aliphatic heterocycles. The SMILES string of the molecule is CN1C(=O)CCC1CCOc1ccc(-c2ncc(C(F)(F)F)[nH]2)cc1NC(=O)C#Cc1cccnc1. The zero-order chi connectivity index (χ0) is 25.7. The van der Waals surface area contributed by atoms with Gasteiger partial charge < -0.3 is 19.9 Å². The van der Waals surface area contributed by atoms with Gasteiger partial charge in [0, 0.05) is 55.4 Å². The van der Waals surface area contributed by atoms with Crippen LogP contribution in [0.5, 0.6) is 5.75 Å². The number of aromatic nitrogens is 3. The van der Waals surface area contributed by atoms with Crippen LogP contribution in [-0.4, -0.2) is 51.4 Å². The van der Waals surface area contributed by atoms with E-state index in [9.17, 15) is 22.8 Å². The van der Waals surface area contributed by atoms with Crippen molar-refractivity contribution >= 4 is 17.5 Å². The minimum atomic E-state index is -4.57. The number of halogens is 3. The minimum absolute atomic E-state index is 0.0167. The fourth-order valence-electron chi connectivity index (χ4n) is 3.74. The summed E-state index contributed by atoms with van der Waals surface area (Å²) in [6.45, 7) is 0.269. The molecule has 8 nitrogen and oxygen atoms in total. The molecular formula is C25H22F3N5O3. The molecule has 11 heteroatoms. The normalized spacial score (nSPS) is 15.4. The van der Waals surface area contributed by atoms with E-state index in [-0.39, 0.29) is 30.1 Å². The number of carbonyl (C=O) groups is 2. The number of alkyl halides is 3. The number of nitrogens with one attached hydrogen (secondary N) is 2. The molecule has 186 valence electrons. The summed E-state index contributed by atoms with van der Waals surface area (Å²) in [6, 6.07) is 7.98. The summed E-state index contributed by atoms with van der Waals surface area (Å²) in [6.07, 6.45) is 1.05. The van der Waals surface area contributed by atoms with Gasteiger partial charge >= 0.3 is 12.1 Å². The van der Waals surface area contributed by atoms with Crippen molar-refractivity contribution in [3.05, 3.63) is 60.2 Å².